The van der Waals surface area contributed by atoms with Crippen LogP contribution in [0.4, 0.5) is 5.82 Å². The van der Waals surface area contributed by atoms with Crippen LogP contribution in [0.1, 0.15) is 24.7 Å². The van der Waals surface area contributed by atoms with E-state index in [2.05, 4.69) is 17.3 Å². The zero-order valence-electron chi connectivity index (χ0n) is 9.73. The summed E-state index contributed by atoms with van der Waals surface area (Å²) in [6.07, 6.45) is 4.61. The first kappa shape index (κ1) is 10.8. The van der Waals surface area contributed by atoms with Crippen molar-refractivity contribution >= 4 is 5.82 Å². The molecule has 4 nitrogen and oxygen atoms in total. The SMILES string of the molecule is CCCn1nccc1NCc1occc1C. The summed E-state index contributed by atoms with van der Waals surface area (Å²) in [5.74, 6) is 2.02. The van der Waals surface area contributed by atoms with Crippen LogP contribution in [-0.4, -0.2) is 9.78 Å². The van der Waals surface area contributed by atoms with E-state index in [-0.39, 0.29) is 0 Å². The molecule has 0 radical (unpaired) electrons. The number of aryl methyl sites for hydroxylation is 2. The largest absolute Gasteiger partial charge is 0.467 e. The highest BCUT2D eigenvalue weighted by Gasteiger charge is 2.04. The Morgan fingerprint density at radius 2 is 2.31 bits per heavy atom. The van der Waals surface area contributed by atoms with Crippen LogP contribution < -0.4 is 5.32 Å². The predicted octanol–water partition coefficient (Wildman–Crippen LogP) is 2.81. The van der Waals surface area contributed by atoms with Gasteiger partial charge in [-0.2, -0.15) is 5.10 Å². The molecule has 0 amide bonds. The van der Waals surface area contributed by atoms with Gasteiger partial charge in [0.1, 0.15) is 11.6 Å². The van der Waals surface area contributed by atoms with Gasteiger partial charge in [0.2, 0.25) is 0 Å². The van der Waals surface area contributed by atoms with Gasteiger partial charge in [0.15, 0.2) is 0 Å². The molecule has 0 spiro atoms. The van der Waals surface area contributed by atoms with E-state index in [1.807, 2.05) is 29.9 Å². The van der Waals surface area contributed by atoms with Crippen LogP contribution in [0.15, 0.2) is 29.0 Å². The number of rotatable bonds is 5. The molecule has 0 atom stereocenters. The average molecular weight is 219 g/mol. The lowest BCUT2D eigenvalue weighted by molar-refractivity contribution is 0.513. The molecule has 0 fully saturated rings. The second kappa shape index (κ2) is 4.88. The lowest BCUT2D eigenvalue weighted by Crippen LogP contribution is -2.07. The smallest absolute Gasteiger partial charge is 0.125 e. The molecular formula is C12H17N3O. The van der Waals surface area contributed by atoms with Crippen molar-refractivity contribution in [1.29, 1.82) is 0 Å². The molecule has 0 saturated heterocycles. The fourth-order valence-electron chi connectivity index (χ4n) is 1.63. The first-order valence-corrected chi connectivity index (χ1v) is 5.60. The van der Waals surface area contributed by atoms with Gasteiger partial charge in [-0.15, -0.1) is 0 Å². The van der Waals surface area contributed by atoms with E-state index in [0.29, 0.717) is 6.54 Å². The highest BCUT2D eigenvalue weighted by Crippen LogP contribution is 2.13. The van der Waals surface area contributed by atoms with Crippen molar-refractivity contribution in [2.45, 2.75) is 33.4 Å². The summed E-state index contributed by atoms with van der Waals surface area (Å²) < 4.78 is 7.34. The van der Waals surface area contributed by atoms with E-state index in [1.165, 1.54) is 5.56 Å². The number of nitrogens with zero attached hydrogens (tertiary/aromatic N) is 2. The molecule has 1 N–H and O–H groups in total. The van der Waals surface area contributed by atoms with Gasteiger partial charge < -0.3 is 9.73 Å². The summed E-state index contributed by atoms with van der Waals surface area (Å²) in [6.45, 7) is 5.83. The molecule has 86 valence electrons. The van der Waals surface area contributed by atoms with E-state index in [4.69, 9.17) is 4.42 Å². The van der Waals surface area contributed by atoms with Crippen LogP contribution >= 0.6 is 0 Å². The summed E-state index contributed by atoms with van der Waals surface area (Å²) in [4.78, 5) is 0. The van der Waals surface area contributed by atoms with Crippen LogP contribution in [0.3, 0.4) is 0 Å². The summed E-state index contributed by atoms with van der Waals surface area (Å²) in [5.41, 5.74) is 1.18. The van der Waals surface area contributed by atoms with Crippen molar-refractivity contribution < 1.29 is 4.42 Å². The van der Waals surface area contributed by atoms with Gasteiger partial charge in [-0.25, -0.2) is 4.68 Å². The summed E-state index contributed by atoms with van der Waals surface area (Å²) in [5, 5.41) is 7.58. The van der Waals surface area contributed by atoms with E-state index in [9.17, 15) is 0 Å². The maximum Gasteiger partial charge on any atom is 0.125 e. The van der Waals surface area contributed by atoms with Gasteiger partial charge in [0.05, 0.1) is 19.0 Å². The Kier molecular flexibility index (Phi) is 3.29. The molecule has 0 aliphatic carbocycles. The van der Waals surface area contributed by atoms with Crippen LogP contribution in [0, 0.1) is 6.92 Å². The lowest BCUT2D eigenvalue weighted by Gasteiger charge is -2.07. The quantitative estimate of drug-likeness (QED) is 0.840. The molecule has 2 heterocycles. The average Bonchev–Trinajstić information content (AvgIpc) is 2.86. The number of furan rings is 1. The van der Waals surface area contributed by atoms with Crippen LogP contribution in [0.25, 0.3) is 0 Å². The Bertz CT molecular complexity index is 445. The molecule has 0 aliphatic heterocycles. The highest BCUT2D eigenvalue weighted by atomic mass is 16.3. The summed E-state index contributed by atoms with van der Waals surface area (Å²) in [6, 6.07) is 3.95. The molecule has 2 rings (SSSR count). The van der Waals surface area contributed by atoms with Crippen molar-refractivity contribution in [2.75, 3.05) is 5.32 Å². The third-order valence-electron chi connectivity index (χ3n) is 2.55. The minimum Gasteiger partial charge on any atom is -0.467 e. The number of anilines is 1. The first-order chi connectivity index (χ1) is 7.81. The lowest BCUT2D eigenvalue weighted by atomic mass is 10.3. The Hall–Kier alpha value is -1.71. The summed E-state index contributed by atoms with van der Waals surface area (Å²) >= 11 is 0. The maximum absolute atomic E-state index is 5.37. The molecule has 0 saturated carbocycles. The fourth-order valence-corrected chi connectivity index (χ4v) is 1.63. The van der Waals surface area contributed by atoms with Gasteiger partial charge in [-0.1, -0.05) is 6.92 Å². The monoisotopic (exact) mass is 219 g/mol. The Morgan fingerprint density at radius 3 is 3.00 bits per heavy atom. The third-order valence-corrected chi connectivity index (χ3v) is 2.55. The summed E-state index contributed by atoms with van der Waals surface area (Å²) in [7, 11) is 0. The molecule has 0 unspecified atom stereocenters. The topological polar surface area (TPSA) is 43.0 Å². The Balaban J connectivity index is 1.99. The molecular weight excluding hydrogens is 202 g/mol. The minimum atomic E-state index is 0.703. The van der Waals surface area contributed by atoms with E-state index < -0.39 is 0 Å². The Labute approximate surface area is 95.3 Å². The molecule has 2 aromatic heterocycles. The fraction of sp³-hybridized carbons (Fsp3) is 0.417. The van der Waals surface area contributed by atoms with Gasteiger partial charge in [-0.3, -0.25) is 0 Å². The predicted molar refractivity (Wildman–Crippen MR) is 63.3 cm³/mol. The standard InChI is InChI=1S/C12H17N3O/c1-3-7-15-12(4-6-14-15)13-9-11-10(2)5-8-16-11/h4-6,8,13H,3,7,9H2,1-2H3. The van der Waals surface area contributed by atoms with Gasteiger partial charge in [0, 0.05) is 12.6 Å². The molecule has 0 aliphatic rings. The zero-order chi connectivity index (χ0) is 11.4. The maximum atomic E-state index is 5.37. The van der Waals surface area contributed by atoms with Crippen molar-refractivity contribution in [3.8, 4) is 0 Å². The van der Waals surface area contributed by atoms with Crippen molar-refractivity contribution in [2.24, 2.45) is 0 Å². The van der Waals surface area contributed by atoms with Gasteiger partial charge in [-0.05, 0) is 25.0 Å². The van der Waals surface area contributed by atoms with E-state index >= 15 is 0 Å². The van der Waals surface area contributed by atoms with Crippen LogP contribution in [0.5, 0.6) is 0 Å². The normalized spacial score (nSPS) is 10.6. The van der Waals surface area contributed by atoms with E-state index in [1.54, 1.807) is 6.26 Å². The van der Waals surface area contributed by atoms with Crippen molar-refractivity contribution in [3.05, 3.63) is 35.9 Å². The molecule has 2 aromatic rings. The second-order valence-electron chi connectivity index (χ2n) is 3.82. The number of nitrogens with one attached hydrogen (secondary N) is 1. The highest BCUT2D eigenvalue weighted by molar-refractivity contribution is 5.35. The van der Waals surface area contributed by atoms with Gasteiger partial charge >= 0.3 is 0 Å². The second-order valence-corrected chi connectivity index (χ2v) is 3.82. The van der Waals surface area contributed by atoms with Crippen LogP contribution in [0.2, 0.25) is 0 Å². The minimum absolute atomic E-state index is 0.703. The number of hydrogen-bond donors (Lipinski definition) is 1. The first-order valence-electron chi connectivity index (χ1n) is 5.60. The number of hydrogen-bond acceptors (Lipinski definition) is 3. The van der Waals surface area contributed by atoms with Crippen molar-refractivity contribution in [3.63, 3.8) is 0 Å². The zero-order valence-corrected chi connectivity index (χ0v) is 9.73. The third kappa shape index (κ3) is 2.27. The Morgan fingerprint density at radius 1 is 1.44 bits per heavy atom. The van der Waals surface area contributed by atoms with Crippen LogP contribution in [-0.2, 0) is 13.1 Å². The molecule has 16 heavy (non-hydrogen) atoms. The van der Waals surface area contributed by atoms with E-state index in [0.717, 1.165) is 24.5 Å². The molecule has 0 aromatic carbocycles. The van der Waals surface area contributed by atoms with Gasteiger partial charge in [0.25, 0.3) is 0 Å². The molecule has 4 heteroatoms. The molecule has 0 bridgehead atoms. The van der Waals surface area contributed by atoms with Crippen molar-refractivity contribution in [1.82, 2.24) is 9.78 Å². The number of aromatic nitrogens is 2.